The van der Waals surface area contributed by atoms with Crippen molar-refractivity contribution >= 4 is 46.6 Å². The van der Waals surface area contributed by atoms with Crippen LogP contribution in [0.4, 0.5) is 11.6 Å². The molecule has 6 aliphatic heterocycles. The van der Waals surface area contributed by atoms with E-state index in [2.05, 4.69) is 5.32 Å². The first-order valence-corrected chi connectivity index (χ1v) is 14.1. The molecule has 9 rings (SSSR count). The summed E-state index contributed by atoms with van der Waals surface area (Å²) in [5.74, 6) is 4.58. The number of aromatic nitrogens is 5. The summed E-state index contributed by atoms with van der Waals surface area (Å²) in [6, 6.07) is 8.08. The first kappa shape index (κ1) is 24.5. The van der Waals surface area contributed by atoms with Crippen LogP contribution in [0.3, 0.4) is 0 Å². The van der Waals surface area contributed by atoms with Crippen LogP contribution in [0.5, 0.6) is 0 Å². The maximum Gasteiger partial charge on any atom is 0.180 e. The minimum absolute atomic E-state index is 0.535. The second-order valence-electron chi connectivity index (χ2n) is 11.3. The lowest BCUT2D eigenvalue weighted by molar-refractivity contribution is -0.671. The molecule has 0 aromatic carbocycles. The van der Waals surface area contributed by atoms with E-state index in [4.69, 9.17) is 34.9 Å². The molecule has 0 fully saturated rings. The predicted octanol–water partition coefficient (Wildman–Crippen LogP) is 1.68. The predicted molar refractivity (Wildman–Crippen MR) is 165 cm³/mol. The fraction of sp³-hybridized carbons (Fsp3) is 0.125. The number of aliphatic imine (C=N–C) groups is 6. The van der Waals surface area contributed by atoms with Crippen LogP contribution in [-0.4, -0.2) is 44.6 Å². The molecule has 0 spiro atoms. The van der Waals surface area contributed by atoms with Gasteiger partial charge in [0.2, 0.25) is 0 Å². The summed E-state index contributed by atoms with van der Waals surface area (Å²) in [6.45, 7) is 0. The van der Waals surface area contributed by atoms with E-state index in [1.54, 1.807) is 0 Å². The normalized spacial score (nSPS) is 15.8. The van der Waals surface area contributed by atoms with Crippen LogP contribution in [0, 0.1) is 0 Å². The largest absolute Gasteiger partial charge is 0.356 e. The average Bonchev–Trinajstić information content (AvgIpc) is 3.71. The molecule has 12 nitrogen and oxygen atoms in total. The Kier molecular flexibility index (Phi) is 4.87. The molecule has 44 heavy (non-hydrogen) atoms. The molecule has 0 amide bonds. The molecule has 3 aromatic rings. The third kappa shape index (κ3) is 3.63. The molecule has 1 N–H and O–H groups in total. The molecular formula is C32H25N12+3. The number of nitrogens with one attached hydrogen (secondary N) is 1. The van der Waals surface area contributed by atoms with E-state index in [1.165, 1.54) is 0 Å². The Morgan fingerprint density at radius 3 is 1.66 bits per heavy atom. The molecule has 3 aromatic heterocycles. The van der Waals surface area contributed by atoms with Crippen molar-refractivity contribution in [2.45, 2.75) is 0 Å². The first-order valence-electron chi connectivity index (χ1n) is 14.1. The smallest absolute Gasteiger partial charge is 0.180 e. The van der Waals surface area contributed by atoms with E-state index in [9.17, 15) is 0 Å². The Balaban J connectivity index is 1.36. The number of hydrogen-bond donors (Lipinski definition) is 1. The molecule has 0 unspecified atom stereocenters. The van der Waals surface area contributed by atoms with Gasteiger partial charge in [-0.15, -0.1) is 0 Å². The van der Waals surface area contributed by atoms with Gasteiger partial charge in [0, 0.05) is 65.5 Å². The summed E-state index contributed by atoms with van der Waals surface area (Å²) in [7, 11) is 7.93. The zero-order valence-corrected chi connectivity index (χ0v) is 24.3. The summed E-state index contributed by atoms with van der Waals surface area (Å²) in [5, 5.41) is 3.52. The van der Waals surface area contributed by atoms with Gasteiger partial charge in [-0.1, -0.05) is 0 Å². The minimum Gasteiger partial charge on any atom is -0.356 e. The second kappa shape index (κ2) is 8.74. The standard InChI is InChI=1S/C32H25N12/c1-41-9-5-17-21(13-41)29-33-25(17)38-30-23-15-43(3)11-7-19(23)27(35-30)40-32-24-16-44(4)12-8-20(24)28(36-32)39-31-22-14-42(2)10-6-18(22)26(34-31)37-29/h5-16H,1-4H3,(H,33,34,35,36,37,38,39,40)/q+3. The molecule has 0 saturated heterocycles. The first-order chi connectivity index (χ1) is 21.4. The van der Waals surface area contributed by atoms with Gasteiger partial charge >= 0.3 is 0 Å². The topological polar surface area (TPSA) is 116 Å². The quantitative estimate of drug-likeness (QED) is 0.282. The van der Waals surface area contributed by atoms with E-state index in [1.807, 2.05) is 120 Å². The van der Waals surface area contributed by atoms with Crippen molar-refractivity contribution in [3.05, 3.63) is 107 Å². The van der Waals surface area contributed by atoms with Crippen molar-refractivity contribution in [1.82, 2.24) is 9.55 Å². The zero-order chi connectivity index (χ0) is 29.7. The Bertz CT molecular complexity index is 2300. The van der Waals surface area contributed by atoms with E-state index in [-0.39, 0.29) is 0 Å². The van der Waals surface area contributed by atoms with E-state index >= 15 is 0 Å². The van der Waals surface area contributed by atoms with Gasteiger partial charge in [0.15, 0.2) is 72.2 Å². The number of pyridine rings is 4. The third-order valence-electron chi connectivity index (χ3n) is 8.08. The number of fused-ring (bicyclic) bond motifs is 17. The summed E-state index contributed by atoms with van der Waals surface area (Å²) < 4.78 is 7.95. The number of aryl methyl sites for hydroxylation is 4. The second-order valence-corrected chi connectivity index (χ2v) is 11.3. The molecule has 210 valence electrons. The Morgan fingerprint density at radius 1 is 0.545 bits per heavy atom. The lowest BCUT2D eigenvalue weighted by Gasteiger charge is -2.07. The summed E-state index contributed by atoms with van der Waals surface area (Å²) in [5.41, 5.74) is 7.14. The number of anilines is 1. The van der Waals surface area contributed by atoms with Gasteiger partial charge in [-0.25, -0.2) is 48.6 Å². The number of rotatable bonds is 0. The monoisotopic (exact) mass is 577 g/mol. The maximum atomic E-state index is 5.04. The SMILES string of the molecule is Cn1ccc2c3nc(c-2c1)N=C1N=C(N=C2N=C(N=C4N=C(N3)c3c[n+](C)ccc34)c3c[n+](C)ccc32)c2c[n+](C)ccc21. The van der Waals surface area contributed by atoms with E-state index < -0.39 is 0 Å². The van der Waals surface area contributed by atoms with Gasteiger partial charge < -0.3 is 9.88 Å². The van der Waals surface area contributed by atoms with Gasteiger partial charge in [-0.2, -0.15) is 0 Å². The summed E-state index contributed by atoms with van der Waals surface area (Å²) in [6.07, 6.45) is 16.0. The number of hydrogen-bond acceptors (Lipinski definition) is 8. The van der Waals surface area contributed by atoms with Crippen molar-refractivity contribution in [3.8, 4) is 11.1 Å². The highest BCUT2D eigenvalue weighted by Gasteiger charge is 2.33. The third-order valence-corrected chi connectivity index (χ3v) is 8.08. The van der Waals surface area contributed by atoms with Crippen LogP contribution >= 0.6 is 0 Å². The maximum absolute atomic E-state index is 5.04. The van der Waals surface area contributed by atoms with Crippen LogP contribution in [0.1, 0.15) is 33.4 Å². The van der Waals surface area contributed by atoms with Gasteiger partial charge in [-0.05, 0) is 6.07 Å². The zero-order valence-electron chi connectivity index (χ0n) is 24.3. The van der Waals surface area contributed by atoms with Crippen molar-refractivity contribution in [3.63, 3.8) is 0 Å². The van der Waals surface area contributed by atoms with Crippen molar-refractivity contribution in [2.75, 3.05) is 5.32 Å². The van der Waals surface area contributed by atoms with Crippen LogP contribution in [0.25, 0.3) is 11.1 Å². The van der Waals surface area contributed by atoms with E-state index in [0.717, 1.165) is 44.5 Å². The molecule has 8 bridgehead atoms. The molecule has 0 radical (unpaired) electrons. The molecular weight excluding hydrogens is 552 g/mol. The van der Waals surface area contributed by atoms with Gasteiger partial charge in [0.05, 0.1) is 16.7 Å². The van der Waals surface area contributed by atoms with Crippen molar-refractivity contribution in [2.24, 2.45) is 58.1 Å². The van der Waals surface area contributed by atoms with Crippen LogP contribution in [0.15, 0.2) is 104 Å². The highest BCUT2D eigenvalue weighted by Crippen LogP contribution is 2.40. The molecule has 0 atom stereocenters. The lowest BCUT2D eigenvalue weighted by atomic mass is 10.1. The summed E-state index contributed by atoms with van der Waals surface area (Å²) in [4.78, 5) is 35.0. The molecule has 0 aliphatic carbocycles. The van der Waals surface area contributed by atoms with E-state index in [0.29, 0.717) is 46.6 Å². The minimum atomic E-state index is 0.535. The molecule has 9 heterocycles. The summed E-state index contributed by atoms with van der Waals surface area (Å²) >= 11 is 0. The Labute approximate surface area is 251 Å². The fourth-order valence-electron chi connectivity index (χ4n) is 5.92. The molecule has 12 heteroatoms. The highest BCUT2D eigenvalue weighted by molar-refractivity contribution is 6.33. The van der Waals surface area contributed by atoms with Gasteiger partial charge in [-0.3, -0.25) is 0 Å². The molecule has 6 aliphatic rings. The highest BCUT2D eigenvalue weighted by atomic mass is 15.2. The number of nitrogens with zero attached hydrogens (tertiary/aromatic N) is 11. The van der Waals surface area contributed by atoms with Crippen molar-refractivity contribution in [1.29, 1.82) is 0 Å². The Hall–Kier alpha value is -6.04. The van der Waals surface area contributed by atoms with Crippen LogP contribution < -0.4 is 19.0 Å². The average molecular weight is 578 g/mol. The van der Waals surface area contributed by atoms with Crippen LogP contribution in [0.2, 0.25) is 0 Å². The van der Waals surface area contributed by atoms with Crippen molar-refractivity contribution < 1.29 is 13.7 Å². The van der Waals surface area contributed by atoms with Crippen LogP contribution in [-0.2, 0) is 28.2 Å². The molecule has 0 saturated carbocycles. The van der Waals surface area contributed by atoms with Gasteiger partial charge in [0.1, 0.15) is 32.8 Å². The number of amidine groups is 6. The Morgan fingerprint density at radius 2 is 1.05 bits per heavy atom. The fourth-order valence-corrected chi connectivity index (χ4v) is 5.92. The van der Waals surface area contributed by atoms with Gasteiger partial charge in [0.25, 0.3) is 0 Å². The lowest BCUT2D eigenvalue weighted by Crippen LogP contribution is -2.29.